The Morgan fingerprint density at radius 2 is 1.75 bits per heavy atom. The molecule has 1 aromatic rings. The van der Waals surface area contributed by atoms with E-state index < -0.39 is 0 Å². The largest absolute Gasteiger partial charge is 0.491 e. The summed E-state index contributed by atoms with van der Waals surface area (Å²) in [5, 5.41) is 0. The molecule has 0 spiro atoms. The maximum absolute atomic E-state index is 13.1. The van der Waals surface area contributed by atoms with Gasteiger partial charge in [-0.15, -0.1) is 11.8 Å². The Kier molecular flexibility index (Phi) is 7.15. The predicted octanol–water partition coefficient (Wildman–Crippen LogP) is 2.64. The number of rotatable bonds is 8. The molecule has 2 amide bonds. The second kappa shape index (κ2) is 9.58. The Hall–Kier alpha value is -1.83. The van der Waals surface area contributed by atoms with Crippen molar-refractivity contribution < 1.29 is 19.1 Å². The van der Waals surface area contributed by atoms with Crippen LogP contribution in [0.1, 0.15) is 26.3 Å². The molecule has 6 nitrogen and oxygen atoms in total. The maximum Gasteiger partial charge on any atom is 0.268 e. The van der Waals surface area contributed by atoms with Gasteiger partial charge in [-0.3, -0.25) is 19.4 Å². The van der Waals surface area contributed by atoms with Gasteiger partial charge < -0.3 is 9.47 Å². The third-order valence-electron chi connectivity index (χ3n) is 4.67. The van der Waals surface area contributed by atoms with E-state index in [2.05, 4.69) is 4.90 Å². The molecular formula is C21H28N2O4S. The molecule has 0 aliphatic carbocycles. The number of benzene rings is 1. The van der Waals surface area contributed by atoms with Gasteiger partial charge in [0.2, 0.25) is 0 Å². The smallest absolute Gasteiger partial charge is 0.268 e. The van der Waals surface area contributed by atoms with E-state index in [1.54, 1.807) is 0 Å². The highest BCUT2D eigenvalue weighted by Crippen LogP contribution is 2.36. The first kappa shape index (κ1) is 20.9. The second-order valence-electron chi connectivity index (χ2n) is 7.04. The molecule has 0 atom stereocenters. The van der Waals surface area contributed by atoms with Crippen LogP contribution in [0.4, 0.5) is 0 Å². The molecule has 1 saturated heterocycles. The minimum Gasteiger partial charge on any atom is -0.491 e. The van der Waals surface area contributed by atoms with Crippen molar-refractivity contribution in [3.63, 3.8) is 0 Å². The molecule has 1 aromatic carbocycles. The van der Waals surface area contributed by atoms with Crippen molar-refractivity contribution in [1.29, 1.82) is 0 Å². The van der Waals surface area contributed by atoms with E-state index in [9.17, 15) is 9.59 Å². The van der Waals surface area contributed by atoms with E-state index in [-0.39, 0.29) is 17.9 Å². The molecule has 2 heterocycles. The number of carbonyl (C=O) groups excluding carboxylic acids is 2. The minimum atomic E-state index is -0.202. The van der Waals surface area contributed by atoms with Crippen molar-refractivity contribution in [3.05, 3.63) is 34.7 Å². The summed E-state index contributed by atoms with van der Waals surface area (Å²) < 4.78 is 11.0. The fourth-order valence-corrected chi connectivity index (χ4v) is 4.20. The first-order valence-corrected chi connectivity index (χ1v) is 10.8. The summed E-state index contributed by atoms with van der Waals surface area (Å²) in [7, 11) is 0. The second-order valence-corrected chi connectivity index (χ2v) is 8.32. The molecule has 3 rings (SSSR count). The zero-order chi connectivity index (χ0) is 20.1. The van der Waals surface area contributed by atoms with Gasteiger partial charge in [-0.2, -0.15) is 0 Å². The Morgan fingerprint density at radius 1 is 1.07 bits per heavy atom. The van der Waals surface area contributed by atoms with E-state index in [1.807, 2.05) is 45.0 Å². The highest BCUT2D eigenvalue weighted by atomic mass is 32.2. The summed E-state index contributed by atoms with van der Waals surface area (Å²) in [4.78, 5) is 30.2. The molecule has 0 saturated carbocycles. The fourth-order valence-electron chi connectivity index (χ4n) is 3.33. The Balaban J connectivity index is 1.77. The van der Waals surface area contributed by atoms with Gasteiger partial charge in [0.25, 0.3) is 11.8 Å². The summed E-state index contributed by atoms with van der Waals surface area (Å²) in [5.74, 6) is 1.11. The normalized spacial score (nSPS) is 18.5. The monoisotopic (exact) mass is 404 g/mol. The van der Waals surface area contributed by atoms with Gasteiger partial charge in [-0.25, -0.2) is 0 Å². The van der Waals surface area contributed by atoms with Crippen LogP contribution >= 0.6 is 11.8 Å². The van der Waals surface area contributed by atoms with Gasteiger partial charge in [-0.1, -0.05) is 19.1 Å². The van der Waals surface area contributed by atoms with Gasteiger partial charge >= 0.3 is 0 Å². The molecule has 1 fully saturated rings. The minimum absolute atomic E-state index is 0.0849. The molecule has 28 heavy (non-hydrogen) atoms. The Labute approximate surface area is 170 Å². The summed E-state index contributed by atoms with van der Waals surface area (Å²) in [6.45, 7) is 10.1. The van der Waals surface area contributed by atoms with Crippen LogP contribution in [0.3, 0.4) is 0 Å². The molecule has 0 unspecified atom stereocenters. The average Bonchev–Trinajstić information content (AvgIpc) is 2.91. The highest BCUT2D eigenvalue weighted by Gasteiger charge is 2.38. The van der Waals surface area contributed by atoms with Gasteiger partial charge in [0.15, 0.2) is 0 Å². The summed E-state index contributed by atoms with van der Waals surface area (Å²) in [5.41, 5.74) is 1.27. The standard InChI is InChI=1S/C21H28N2O4S/c1-4-28-19-18(16-5-7-17(8-6-16)27-15(2)3)20(24)23(21(19)25)10-9-22-11-13-26-14-12-22/h5-8,15H,4,9-14H2,1-3H3. The average molecular weight is 405 g/mol. The Bertz CT molecular complexity index is 739. The molecule has 0 N–H and O–H groups in total. The van der Waals surface area contributed by atoms with E-state index in [4.69, 9.17) is 9.47 Å². The van der Waals surface area contributed by atoms with Crippen molar-refractivity contribution in [2.75, 3.05) is 45.1 Å². The molecular weight excluding hydrogens is 376 g/mol. The number of thioether (sulfide) groups is 1. The van der Waals surface area contributed by atoms with Crippen molar-refractivity contribution in [1.82, 2.24) is 9.80 Å². The number of carbonyl (C=O) groups is 2. The number of nitrogens with zero attached hydrogens (tertiary/aromatic N) is 2. The van der Waals surface area contributed by atoms with Crippen LogP contribution in [0.2, 0.25) is 0 Å². The number of imide groups is 1. The highest BCUT2D eigenvalue weighted by molar-refractivity contribution is 8.04. The number of morpholine rings is 1. The quantitative estimate of drug-likeness (QED) is 0.621. The third-order valence-corrected chi connectivity index (χ3v) is 5.63. The van der Waals surface area contributed by atoms with E-state index in [0.29, 0.717) is 36.8 Å². The number of hydrogen-bond acceptors (Lipinski definition) is 6. The van der Waals surface area contributed by atoms with Gasteiger partial charge in [-0.05, 0) is 37.3 Å². The molecule has 2 aliphatic rings. The zero-order valence-corrected chi connectivity index (χ0v) is 17.6. The summed E-state index contributed by atoms with van der Waals surface area (Å²) in [6.07, 6.45) is 0.0849. The zero-order valence-electron chi connectivity index (χ0n) is 16.8. The molecule has 7 heteroatoms. The van der Waals surface area contributed by atoms with Crippen LogP contribution in [0, 0.1) is 0 Å². The lowest BCUT2D eigenvalue weighted by molar-refractivity contribution is -0.136. The number of ether oxygens (including phenoxy) is 2. The van der Waals surface area contributed by atoms with Crippen LogP contribution in [-0.2, 0) is 14.3 Å². The molecule has 2 aliphatic heterocycles. The van der Waals surface area contributed by atoms with Crippen molar-refractivity contribution >= 4 is 29.1 Å². The third kappa shape index (κ3) is 4.77. The van der Waals surface area contributed by atoms with E-state index in [0.717, 1.165) is 30.2 Å². The first-order chi connectivity index (χ1) is 13.5. The lowest BCUT2D eigenvalue weighted by atomic mass is 10.1. The first-order valence-electron chi connectivity index (χ1n) is 9.81. The molecule has 0 bridgehead atoms. The SMILES string of the molecule is CCSC1=C(c2ccc(OC(C)C)cc2)C(=O)N(CCN2CCOCC2)C1=O. The van der Waals surface area contributed by atoms with E-state index in [1.165, 1.54) is 16.7 Å². The number of amides is 2. The molecule has 0 radical (unpaired) electrons. The van der Waals surface area contributed by atoms with Crippen molar-refractivity contribution in [2.24, 2.45) is 0 Å². The summed E-state index contributed by atoms with van der Waals surface area (Å²) in [6, 6.07) is 7.43. The Morgan fingerprint density at radius 3 is 2.36 bits per heavy atom. The molecule has 152 valence electrons. The topological polar surface area (TPSA) is 59.1 Å². The summed E-state index contributed by atoms with van der Waals surface area (Å²) >= 11 is 1.44. The van der Waals surface area contributed by atoms with Crippen LogP contribution in [-0.4, -0.2) is 72.9 Å². The van der Waals surface area contributed by atoms with Crippen molar-refractivity contribution in [3.8, 4) is 5.75 Å². The lowest BCUT2D eigenvalue weighted by Crippen LogP contribution is -2.43. The van der Waals surface area contributed by atoms with Crippen LogP contribution < -0.4 is 4.74 Å². The van der Waals surface area contributed by atoms with Crippen LogP contribution in [0.5, 0.6) is 5.75 Å². The van der Waals surface area contributed by atoms with Gasteiger partial charge in [0, 0.05) is 26.2 Å². The van der Waals surface area contributed by atoms with Crippen molar-refractivity contribution in [2.45, 2.75) is 26.9 Å². The fraction of sp³-hybridized carbons (Fsp3) is 0.524. The molecule has 0 aromatic heterocycles. The predicted molar refractivity (Wildman–Crippen MR) is 111 cm³/mol. The number of hydrogen-bond donors (Lipinski definition) is 0. The van der Waals surface area contributed by atoms with Crippen LogP contribution in [0.25, 0.3) is 5.57 Å². The lowest BCUT2D eigenvalue weighted by Gasteiger charge is -2.28. The van der Waals surface area contributed by atoms with Gasteiger partial charge in [0.1, 0.15) is 5.75 Å². The maximum atomic E-state index is 13.1. The van der Waals surface area contributed by atoms with E-state index >= 15 is 0 Å². The van der Waals surface area contributed by atoms with Gasteiger partial charge in [0.05, 0.1) is 29.8 Å². The van der Waals surface area contributed by atoms with Crippen LogP contribution in [0.15, 0.2) is 29.2 Å².